The van der Waals surface area contributed by atoms with Gasteiger partial charge >= 0.3 is 0 Å². The van der Waals surface area contributed by atoms with Gasteiger partial charge in [0.2, 0.25) is 5.91 Å². The highest BCUT2D eigenvalue weighted by Gasteiger charge is 2.28. The van der Waals surface area contributed by atoms with Gasteiger partial charge in [0.05, 0.1) is 26.7 Å². The van der Waals surface area contributed by atoms with E-state index in [0.29, 0.717) is 5.56 Å². The molecule has 3 aromatic rings. The lowest BCUT2D eigenvalue weighted by Gasteiger charge is -2.25. The lowest BCUT2D eigenvalue weighted by molar-refractivity contribution is -0.120. The van der Waals surface area contributed by atoms with Gasteiger partial charge in [0.25, 0.3) is 10.0 Å². The summed E-state index contributed by atoms with van der Waals surface area (Å²) in [7, 11) is -4.06. The van der Waals surface area contributed by atoms with Gasteiger partial charge in [-0.05, 0) is 55.0 Å². The van der Waals surface area contributed by atoms with Crippen LogP contribution in [0.4, 0.5) is 10.1 Å². The van der Waals surface area contributed by atoms with Gasteiger partial charge in [0, 0.05) is 0 Å². The van der Waals surface area contributed by atoms with Crippen molar-refractivity contribution in [1.29, 1.82) is 0 Å². The van der Waals surface area contributed by atoms with Crippen molar-refractivity contribution in [3.63, 3.8) is 0 Å². The average Bonchev–Trinajstić information content (AvgIpc) is 2.75. The predicted molar refractivity (Wildman–Crippen MR) is 120 cm³/mol. The second-order valence-corrected chi connectivity index (χ2v) is 9.44. The van der Waals surface area contributed by atoms with E-state index in [1.165, 1.54) is 42.5 Å². The number of benzene rings is 3. The molecule has 1 amide bonds. The first-order chi connectivity index (χ1) is 14.7. The zero-order chi connectivity index (χ0) is 22.6. The number of carbonyl (C=O) groups is 1. The molecule has 0 saturated heterocycles. The molecule has 0 aromatic heterocycles. The van der Waals surface area contributed by atoms with E-state index in [1.807, 2.05) is 0 Å². The molecule has 0 aliphatic carbocycles. The van der Waals surface area contributed by atoms with Crippen molar-refractivity contribution in [3.05, 3.63) is 94.2 Å². The van der Waals surface area contributed by atoms with E-state index >= 15 is 0 Å². The summed E-state index contributed by atoms with van der Waals surface area (Å²) in [5.74, 6) is -0.926. The van der Waals surface area contributed by atoms with Crippen LogP contribution in [0.15, 0.2) is 77.7 Å². The van der Waals surface area contributed by atoms with Crippen LogP contribution in [0, 0.1) is 5.82 Å². The fourth-order valence-corrected chi connectivity index (χ4v) is 4.65. The van der Waals surface area contributed by atoms with Crippen molar-refractivity contribution in [2.75, 3.05) is 10.8 Å². The fraction of sp³-hybridized carbons (Fsp3) is 0.136. The number of nitrogens with zero attached hydrogens (tertiary/aromatic N) is 1. The Morgan fingerprint density at radius 1 is 1.00 bits per heavy atom. The van der Waals surface area contributed by atoms with E-state index in [1.54, 1.807) is 37.3 Å². The molecule has 0 aliphatic rings. The van der Waals surface area contributed by atoms with Crippen LogP contribution in [0.3, 0.4) is 0 Å². The molecule has 0 heterocycles. The molecular formula is C22H19Cl2FN2O3S. The zero-order valence-electron chi connectivity index (χ0n) is 16.4. The second kappa shape index (κ2) is 9.68. The number of amides is 1. The Hall–Kier alpha value is -2.61. The Morgan fingerprint density at radius 2 is 1.65 bits per heavy atom. The summed E-state index contributed by atoms with van der Waals surface area (Å²) >= 11 is 12.0. The van der Waals surface area contributed by atoms with Gasteiger partial charge in [0.1, 0.15) is 12.4 Å². The molecule has 1 N–H and O–H groups in total. The number of carbonyl (C=O) groups excluding carboxylic acids is 1. The molecule has 0 radical (unpaired) electrons. The van der Waals surface area contributed by atoms with Crippen molar-refractivity contribution in [2.24, 2.45) is 0 Å². The first kappa shape index (κ1) is 23.1. The van der Waals surface area contributed by atoms with Crippen molar-refractivity contribution < 1.29 is 17.6 Å². The normalized spacial score (nSPS) is 12.3. The Balaban J connectivity index is 1.90. The maximum absolute atomic E-state index is 13.3. The molecule has 31 heavy (non-hydrogen) atoms. The third kappa shape index (κ3) is 5.55. The van der Waals surface area contributed by atoms with Crippen molar-refractivity contribution >= 4 is 44.8 Å². The smallest absolute Gasteiger partial charge is 0.264 e. The predicted octanol–water partition coefficient (Wildman–Crippen LogP) is 5.21. The molecule has 0 aliphatic heterocycles. The van der Waals surface area contributed by atoms with E-state index < -0.39 is 28.5 Å². The molecule has 0 fully saturated rings. The molecular weight excluding hydrogens is 462 g/mol. The SMILES string of the molecule is C[C@@H](NC(=O)CN(c1ccc(Cl)c(Cl)c1)S(=O)(=O)c1ccccc1)c1ccc(F)cc1. The van der Waals surface area contributed by atoms with Crippen molar-refractivity contribution in [3.8, 4) is 0 Å². The van der Waals surface area contributed by atoms with E-state index in [-0.39, 0.29) is 26.4 Å². The summed E-state index contributed by atoms with van der Waals surface area (Å²) in [5.41, 5.74) is 0.879. The van der Waals surface area contributed by atoms with Gasteiger partial charge in [-0.25, -0.2) is 12.8 Å². The number of nitrogens with one attached hydrogen (secondary N) is 1. The summed E-state index contributed by atoms with van der Waals surface area (Å²) < 4.78 is 40.7. The highest BCUT2D eigenvalue weighted by molar-refractivity contribution is 7.92. The molecule has 3 aromatic carbocycles. The zero-order valence-corrected chi connectivity index (χ0v) is 18.8. The van der Waals surface area contributed by atoms with Crippen molar-refractivity contribution in [2.45, 2.75) is 17.9 Å². The number of hydrogen-bond acceptors (Lipinski definition) is 3. The summed E-state index contributed by atoms with van der Waals surface area (Å²) in [4.78, 5) is 12.8. The van der Waals surface area contributed by atoms with E-state index in [2.05, 4.69) is 5.32 Å². The van der Waals surface area contributed by atoms with Gasteiger partial charge < -0.3 is 5.32 Å². The van der Waals surface area contributed by atoms with Crippen LogP contribution in [-0.2, 0) is 14.8 Å². The summed E-state index contributed by atoms with van der Waals surface area (Å²) in [6, 6.07) is 17.3. The van der Waals surface area contributed by atoms with Gasteiger partial charge in [0.15, 0.2) is 0 Å². The van der Waals surface area contributed by atoms with Gasteiger partial charge in [-0.1, -0.05) is 53.5 Å². The number of sulfonamides is 1. The van der Waals surface area contributed by atoms with Gasteiger partial charge in [-0.2, -0.15) is 0 Å². The minimum atomic E-state index is -4.06. The van der Waals surface area contributed by atoms with Crippen LogP contribution in [0.1, 0.15) is 18.5 Å². The summed E-state index contributed by atoms with van der Waals surface area (Å²) in [6.07, 6.45) is 0. The van der Waals surface area contributed by atoms with Crippen LogP contribution in [-0.4, -0.2) is 20.9 Å². The Bertz CT molecular complexity index is 1170. The van der Waals surface area contributed by atoms with Gasteiger partial charge in [-0.15, -0.1) is 0 Å². The maximum Gasteiger partial charge on any atom is 0.264 e. The molecule has 162 valence electrons. The Labute approximate surface area is 190 Å². The minimum absolute atomic E-state index is 0.0282. The number of halogens is 3. The Kier molecular flexibility index (Phi) is 7.20. The van der Waals surface area contributed by atoms with E-state index in [0.717, 1.165) is 4.31 Å². The highest BCUT2D eigenvalue weighted by atomic mass is 35.5. The molecule has 1 atom stereocenters. The first-order valence-electron chi connectivity index (χ1n) is 9.26. The monoisotopic (exact) mass is 480 g/mol. The van der Waals surface area contributed by atoms with Crippen LogP contribution in [0.5, 0.6) is 0 Å². The molecule has 0 saturated carbocycles. The van der Waals surface area contributed by atoms with E-state index in [4.69, 9.17) is 23.2 Å². The summed E-state index contributed by atoms with van der Waals surface area (Å²) in [6.45, 7) is 1.24. The van der Waals surface area contributed by atoms with Crippen LogP contribution >= 0.6 is 23.2 Å². The van der Waals surface area contributed by atoms with Crippen molar-refractivity contribution in [1.82, 2.24) is 5.32 Å². The standard InChI is InChI=1S/C22H19Cl2FN2O3S/c1-15(16-7-9-17(25)10-8-16)26-22(28)14-27(18-11-12-20(23)21(24)13-18)31(29,30)19-5-3-2-4-6-19/h2-13,15H,14H2,1H3,(H,26,28)/t15-/m1/s1. The first-order valence-corrected chi connectivity index (χ1v) is 11.5. The third-order valence-electron chi connectivity index (χ3n) is 4.56. The average molecular weight is 481 g/mol. The largest absolute Gasteiger partial charge is 0.348 e. The molecule has 0 unspecified atom stereocenters. The summed E-state index contributed by atoms with van der Waals surface area (Å²) in [5, 5.41) is 3.16. The fourth-order valence-electron chi connectivity index (χ4n) is 2.93. The third-order valence-corrected chi connectivity index (χ3v) is 7.08. The topological polar surface area (TPSA) is 66.5 Å². The minimum Gasteiger partial charge on any atom is -0.348 e. The Morgan fingerprint density at radius 3 is 2.26 bits per heavy atom. The number of hydrogen-bond donors (Lipinski definition) is 1. The maximum atomic E-state index is 13.3. The molecule has 0 spiro atoms. The highest BCUT2D eigenvalue weighted by Crippen LogP contribution is 2.30. The molecule has 5 nitrogen and oxygen atoms in total. The molecule has 0 bridgehead atoms. The molecule has 3 rings (SSSR count). The quantitative estimate of drug-likeness (QED) is 0.504. The van der Waals surface area contributed by atoms with Crippen LogP contribution in [0.2, 0.25) is 10.0 Å². The lowest BCUT2D eigenvalue weighted by atomic mass is 10.1. The number of anilines is 1. The van der Waals surface area contributed by atoms with Crippen LogP contribution < -0.4 is 9.62 Å². The van der Waals surface area contributed by atoms with E-state index in [9.17, 15) is 17.6 Å². The lowest BCUT2D eigenvalue weighted by Crippen LogP contribution is -2.41. The number of rotatable bonds is 7. The second-order valence-electron chi connectivity index (χ2n) is 6.76. The van der Waals surface area contributed by atoms with Crippen LogP contribution in [0.25, 0.3) is 0 Å². The molecule has 9 heteroatoms. The van der Waals surface area contributed by atoms with Gasteiger partial charge in [-0.3, -0.25) is 9.10 Å².